The highest BCUT2D eigenvalue weighted by atomic mass is 32.2. The van der Waals surface area contributed by atoms with Crippen molar-refractivity contribution in [3.05, 3.63) is 18.0 Å². The molecule has 1 unspecified atom stereocenters. The Morgan fingerprint density at radius 1 is 1.45 bits per heavy atom. The van der Waals surface area contributed by atoms with Gasteiger partial charge in [-0.1, -0.05) is 27.7 Å². The highest BCUT2D eigenvalue weighted by Crippen LogP contribution is 2.45. The predicted octanol–water partition coefficient (Wildman–Crippen LogP) is 1.60. The van der Waals surface area contributed by atoms with Crippen molar-refractivity contribution in [3.8, 4) is 0 Å². The van der Waals surface area contributed by atoms with Crippen LogP contribution < -0.4 is 10.0 Å². The highest BCUT2D eigenvalue weighted by molar-refractivity contribution is 7.89. The second-order valence-electron chi connectivity index (χ2n) is 6.68. The zero-order valence-corrected chi connectivity index (χ0v) is 13.7. The summed E-state index contributed by atoms with van der Waals surface area (Å²) in [5.74, 6) is 0. The van der Waals surface area contributed by atoms with Crippen LogP contribution in [0, 0.1) is 5.41 Å². The number of aryl methyl sites for hydroxylation is 1. The van der Waals surface area contributed by atoms with Crippen LogP contribution in [0.15, 0.2) is 17.2 Å². The third-order valence-corrected chi connectivity index (χ3v) is 5.33. The van der Waals surface area contributed by atoms with Crippen LogP contribution in [0.25, 0.3) is 0 Å². The molecule has 114 valence electrons. The molecule has 5 nitrogen and oxygen atoms in total. The standard InChI is InChI=1S/C14H25N3O2S/c1-10(2)15-8-11-6-12(9-17(11)5)20(18,19)16-13-7-14(13,3)4/h6,9-10,13,15-16H,7-8H2,1-5H3. The van der Waals surface area contributed by atoms with Gasteiger partial charge in [-0.2, -0.15) is 0 Å². The maximum absolute atomic E-state index is 12.3. The smallest absolute Gasteiger partial charge is 0.242 e. The Morgan fingerprint density at radius 2 is 2.05 bits per heavy atom. The minimum Gasteiger partial charge on any atom is -0.352 e. The van der Waals surface area contributed by atoms with Crippen LogP contribution in [-0.4, -0.2) is 25.1 Å². The molecular formula is C14H25N3O2S. The molecule has 0 amide bonds. The SMILES string of the molecule is CC(C)NCc1cc(S(=O)(=O)NC2CC2(C)C)cn1C. The Hall–Kier alpha value is -0.850. The molecule has 1 aliphatic carbocycles. The van der Waals surface area contributed by atoms with Crippen LogP contribution in [0.5, 0.6) is 0 Å². The second-order valence-corrected chi connectivity index (χ2v) is 8.39. The van der Waals surface area contributed by atoms with Crippen molar-refractivity contribution < 1.29 is 8.42 Å². The van der Waals surface area contributed by atoms with Gasteiger partial charge in [0, 0.05) is 37.6 Å². The van der Waals surface area contributed by atoms with Gasteiger partial charge in [0.15, 0.2) is 0 Å². The summed E-state index contributed by atoms with van der Waals surface area (Å²) in [6.45, 7) is 8.94. The molecule has 0 aliphatic heterocycles. The minimum absolute atomic E-state index is 0.0601. The Balaban J connectivity index is 2.10. The lowest BCUT2D eigenvalue weighted by molar-refractivity contribution is 0.555. The quantitative estimate of drug-likeness (QED) is 0.838. The van der Waals surface area contributed by atoms with Gasteiger partial charge in [-0.05, 0) is 17.9 Å². The van der Waals surface area contributed by atoms with Crippen LogP contribution >= 0.6 is 0 Å². The number of hydrogen-bond donors (Lipinski definition) is 2. The molecule has 0 bridgehead atoms. The van der Waals surface area contributed by atoms with Crippen molar-refractivity contribution in [2.45, 2.75) is 57.6 Å². The van der Waals surface area contributed by atoms with Crippen LogP contribution in [0.2, 0.25) is 0 Å². The molecule has 0 radical (unpaired) electrons. The number of hydrogen-bond acceptors (Lipinski definition) is 3. The van der Waals surface area contributed by atoms with E-state index in [0.29, 0.717) is 17.5 Å². The molecular weight excluding hydrogens is 274 g/mol. The minimum atomic E-state index is -3.41. The summed E-state index contributed by atoms with van der Waals surface area (Å²) in [6, 6.07) is 2.17. The van der Waals surface area contributed by atoms with E-state index in [1.54, 1.807) is 12.3 Å². The molecule has 2 rings (SSSR count). The van der Waals surface area contributed by atoms with Crippen LogP contribution in [-0.2, 0) is 23.6 Å². The monoisotopic (exact) mass is 299 g/mol. The zero-order valence-electron chi connectivity index (χ0n) is 12.9. The average molecular weight is 299 g/mol. The van der Waals surface area contributed by atoms with E-state index in [-0.39, 0.29) is 11.5 Å². The maximum atomic E-state index is 12.3. The lowest BCUT2D eigenvalue weighted by Crippen LogP contribution is -2.28. The number of sulfonamides is 1. The fourth-order valence-corrected chi connectivity index (χ4v) is 3.63. The van der Waals surface area contributed by atoms with Gasteiger partial charge >= 0.3 is 0 Å². The largest absolute Gasteiger partial charge is 0.352 e. The first kappa shape index (κ1) is 15.5. The molecule has 1 aromatic heterocycles. The fourth-order valence-electron chi connectivity index (χ4n) is 2.13. The number of nitrogens with one attached hydrogen (secondary N) is 2. The lowest BCUT2D eigenvalue weighted by Gasteiger charge is -2.08. The molecule has 0 spiro atoms. The van der Waals surface area contributed by atoms with E-state index in [1.807, 2.05) is 11.6 Å². The molecule has 20 heavy (non-hydrogen) atoms. The molecule has 1 aromatic rings. The van der Waals surface area contributed by atoms with Gasteiger partial charge in [0.2, 0.25) is 10.0 Å². The Bertz CT molecular complexity index is 588. The van der Waals surface area contributed by atoms with E-state index in [2.05, 4.69) is 37.7 Å². The maximum Gasteiger partial charge on any atom is 0.242 e. The highest BCUT2D eigenvalue weighted by Gasteiger charge is 2.48. The Morgan fingerprint density at radius 3 is 2.55 bits per heavy atom. The van der Waals surface area contributed by atoms with Crippen LogP contribution in [0.3, 0.4) is 0 Å². The summed E-state index contributed by atoms with van der Waals surface area (Å²) in [6.07, 6.45) is 2.58. The summed E-state index contributed by atoms with van der Waals surface area (Å²) >= 11 is 0. The number of nitrogens with zero attached hydrogens (tertiary/aromatic N) is 1. The number of rotatable bonds is 6. The lowest BCUT2D eigenvalue weighted by atomic mass is 10.2. The summed E-state index contributed by atoms with van der Waals surface area (Å²) < 4.78 is 29.3. The van der Waals surface area contributed by atoms with E-state index in [1.165, 1.54) is 0 Å². The third-order valence-electron chi connectivity index (χ3n) is 3.90. The van der Waals surface area contributed by atoms with Gasteiger partial charge in [0.05, 0.1) is 4.90 Å². The fraction of sp³-hybridized carbons (Fsp3) is 0.714. The molecule has 1 fully saturated rings. The molecule has 6 heteroatoms. The molecule has 1 saturated carbocycles. The van der Waals surface area contributed by atoms with E-state index >= 15 is 0 Å². The predicted molar refractivity (Wildman–Crippen MR) is 79.9 cm³/mol. The Labute approximate surface area is 121 Å². The number of aromatic nitrogens is 1. The Kier molecular flexibility index (Phi) is 4.01. The molecule has 0 aromatic carbocycles. The summed E-state index contributed by atoms with van der Waals surface area (Å²) in [5, 5.41) is 3.30. The third kappa shape index (κ3) is 3.42. The van der Waals surface area contributed by atoms with Gasteiger partial charge in [-0.15, -0.1) is 0 Å². The van der Waals surface area contributed by atoms with Crippen LogP contribution in [0.4, 0.5) is 0 Å². The summed E-state index contributed by atoms with van der Waals surface area (Å²) in [4.78, 5) is 0.350. The molecule has 0 saturated heterocycles. The zero-order chi connectivity index (χ0) is 15.1. The normalized spacial score (nSPS) is 21.4. The van der Waals surface area contributed by atoms with E-state index in [0.717, 1.165) is 12.1 Å². The second kappa shape index (κ2) is 5.16. The van der Waals surface area contributed by atoms with E-state index < -0.39 is 10.0 Å². The van der Waals surface area contributed by atoms with Gasteiger partial charge in [-0.25, -0.2) is 13.1 Å². The van der Waals surface area contributed by atoms with Crippen molar-refractivity contribution in [3.63, 3.8) is 0 Å². The van der Waals surface area contributed by atoms with Crippen molar-refractivity contribution in [2.24, 2.45) is 12.5 Å². The molecule has 2 N–H and O–H groups in total. The summed E-state index contributed by atoms with van der Waals surface area (Å²) in [7, 11) is -1.53. The van der Waals surface area contributed by atoms with Crippen molar-refractivity contribution in [1.29, 1.82) is 0 Å². The first-order valence-electron chi connectivity index (χ1n) is 7.03. The topological polar surface area (TPSA) is 63.1 Å². The van der Waals surface area contributed by atoms with Gasteiger partial charge in [0.25, 0.3) is 0 Å². The average Bonchev–Trinajstić information content (AvgIpc) is 2.70. The first-order chi connectivity index (χ1) is 9.12. The van der Waals surface area contributed by atoms with Crippen molar-refractivity contribution >= 4 is 10.0 Å². The molecule has 1 aliphatic rings. The summed E-state index contributed by atoms with van der Waals surface area (Å²) in [5.41, 5.74) is 1.05. The van der Waals surface area contributed by atoms with E-state index in [9.17, 15) is 8.42 Å². The van der Waals surface area contributed by atoms with Crippen molar-refractivity contribution in [2.75, 3.05) is 0 Å². The first-order valence-corrected chi connectivity index (χ1v) is 8.51. The van der Waals surface area contributed by atoms with E-state index in [4.69, 9.17) is 0 Å². The van der Waals surface area contributed by atoms with Gasteiger partial charge < -0.3 is 9.88 Å². The molecule has 1 heterocycles. The van der Waals surface area contributed by atoms with Crippen molar-refractivity contribution in [1.82, 2.24) is 14.6 Å². The van der Waals surface area contributed by atoms with Gasteiger partial charge in [-0.3, -0.25) is 0 Å². The molecule has 1 atom stereocenters. The van der Waals surface area contributed by atoms with Gasteiger partial charge in [0.1, 0.15) is 0 Å². The van der Waals surface area contributed by atoms with Crippen LogP contribution in [0.1, 0.15) is 39.8 Å².